The molecule has 0 atom stereocenters. The van der Waals surface area contributed by atoms with Crippen LogP contribution in [0.4, 0.5) is 10.1 Å². The Balaban J connectivity index is 1.85. The molecule has 5 heteroatoms. The van der Waals surface area contributed by atoms with Crippen LogP contribution in [0.5, 0.6) is 5.75 Å². The maximum Gasteiger partial charge on any atom is 0.272 e. The van der Waals surface area contributed by atoms with E-state index in [9.17, 15) is 9.18 Å². The molecule has 2 N–H and O–H groups in total. The SMILES string of the molecule is COc1cc(NC(=O)c2cc3ccccc3[nH]2)ccc1F. The number of rotatable bonds is 3. The van der Waals surface area contributed by atoms with E-state index >= 15 is 0 Å². The Morgan fingerprint density at radius 3 is 2.76 bits per heavy atom. The van der Waals surface area contributed by atoms with E-state index in [1.54, 1.807) is 6.07 Å². The second kappa shape index (κ2) is 5.28. The normalized spacial score (nSPS) is 10.6. The largest absolute Gasteiger partial charge is 0.494 e. The van der Waals surface area contributed by atoms with Crippen LogP contribution in [0.25, 0.3) is 10.9 Å². The molecule has 0 fully saturated rings. The van der Waals surface area contributed by atoms with Gasteiger partial charge in [0.15, 0.2) is 11.6 Å². The zero-order valence-electron chi connectivity index (χ0n) is 11.3. The number of H-pyrrole nitrogens is 1. The fraction of sp³-hybridized carbons (Fsp3) is 0.0625. The first-order chi connectivity index (χ1) is 10.2. The molecule has 1 heterocycles. The molecule has 3 aromatic rings. The Hall–Kier alpha value is -2.82. The van der Waals surface area contributed by atoms with Gasteiger partial charge in [0.1, 0.15) is 5.69 Å². The standard InChI is InChI=1S/C16H13FN2O2/c1-21-15-9-11(6-7-12(15)17)18-16(20)14-8-10-4-2-3-5-13(10)19-14/h2-9,19H,1H3,(H,18,20). The lowest BCUT2D eigenvalue weighted by molar-refractivity contribution is 0.102. The van der Waals surface area contributed by atoms with E-state index in [2.05, 4.69) is 10.3 Å². The minimum absolute atomic E-state index is 0.0875. The van der Waals surface area contributed by atoms with E-state index in [0.29, 0.717) is 11.4 Å². The second-order valence-corrected chi connectivity index (χ2v) is 4.57. The van der Waals surface area contributed by atoms with Crippen LogP contribution in [0.3, 0.4) is 0 Å². The highest BCUT2D eigenvalue weighted by Gasteiger charge is 2.11. The van der Waals surface area contributed by atoms with Crippen LogP contribution in [0.2, 0.25) is 0 Å². The van der Waals surface area contributed by atoms with E-state index in [4.69, 9.17) is 4.74 Å². The van der Waals surface area contributed by atoms with Crippen molar-refractivity contribution in [2.24, 2.45) is 0 Å². The predicted molar refractivity (Wildman–Crippen MR) is 79.2 cm³/mol. The minimum Gasteiger partial charge on any atom is -0.494 e. The predicted octanol–water partition coefficient (Wildman–Crippen LogP) is 3.57. The lowest BCUT2D eigenvalue weighted by Gasteiger charge is -2.06. The number of ether oxygens (including phenoxy) is 1. The summed E-state index contributed by atoms with van der Waals surface area (Å²) in [7, 11) is 1.38. The number of fused-ring (bicyclic) bond motifs is 1. The smallest absolute Gasteiger partial charge is 0.272 e. The molecule has 0 aliphatic rings. The molecule has 0 aliphatic heterocycles. The summed E-state index contributed by atoms with van der Waals surface area (Å²) in [5, 5.41) is 3.66. The van der Waals surface area contributed by atoms with Gasteiger partial charge in [-0.25, -0.2) is 4.39 Å². The summed E-state index contributed by atoms with van der Waals surface area (Å²) in [6.07, 6.45) is 0. The van der Waals surface area contributed by atoms with E-state index in [1.165, 1.54) is 25.3 Å². The number of aromatic amines is 1. The van der Waals surface area contributed by atoms with Crippen molar-refractivity contribution in [3.8, 4) is 5.75 Å². The molecule has 2 aromatic carbocycles. The molecular formula is C16H13FN2O2. The number of amides is 1. The second-order valence-electron chi connectivity index (χ2n) is 4.57. The summed E-state index contributed by atoms with van der Waals surface area (Å²) < 4.78 is 18.2. The van der Waals surface area contributed by atoms with Crippen molar-refractivity contribution < 1.29 is 13.9 Å². The number of methoxy groups -OCH3 is 1. The maximum atomic E-state index is 13.3. The number of hydrogen-bond donors (Lipinski definition) is 2. The van der Waals surface area contributed by atoms with Crippen LogP contribution in [0, 0.1) is 5.82 Å². The van der Waals surface area contributed by atoms with Crippen molar-refractivity contribution in [2.75, 3.05) is 12.4 Å². The van der Waals surface area contributed by atoms with Crippen LogP contribution >= 0.6 is 0 Å². The summed E-state index contributed by atoms with van der Waals surface area (Å²) in [5.41, 5.74) is 1.80. The van der Waals surface area contributed by atoms with Gasteiger partial charge in [-0.2, -0.15) is 0 Å². The minimum atomic E-state index is -0.471. The average molecular weight is 284 g/mol. The highest BCUT2D eigenvalue weighted by molar-refractivity contribution is 6.05. The van der Waals surface area contributed by atoms with Gasteiger partial charge in [0, 0.05) is 22.7 Å². The topological polar surface area (TPSA) is 54.1 Å². The highest BCUT2D eigenvalue weighted by atomic mass is 19.1. The molecule has 3 rings (SSSR count). The van der Waals surface area contributed by atoms with Crippen molar-refractivity contribution in [2.45, 2.75) is 0 Å². The highest BCUT2D eigenvalue weighted by Crippen LogP contribution is 2.22. The number of para-hydroxylation sites is 1. The van der Waals surface area contributed by atoms with Crippen LogP contribution < -0.4 is 10.1 Å². The zero-order valence-corrected chi connectivity index (χ0v) is 11.3. The van der Waals surface area contributed by atoms with Crippen LogP contribution in [-0.2, 0) is 0 Å². The third kappa shape index (κ3) is 2.58. The molecule has 0 aliphatic carbocycles. The molecule has 0 bridgehead atoms. The number of halogens is 1. The van der Waals surface area contributed by atoms with Gasteiger partial charge in [-0.05, 0) is 24.3 Å². The Labute approximate surface area is 120 Å². The first-order valence-corrected chi connectivity index (χ1v) is 6.40. The van der Waals surface area contributed by atoms with Crippen LogP contribution in [0.15, 0.2) is 48.5 Å². The Morgan fingerprint density at radius 1 is 1.19 bits per heavy atom. The summed E-state index contributed by atoms with van der Waals surface area (Å²) in [6, 6.07) is 13.6. The van der Waals surface area contributed by atoms with Gasteiger partial charge in [0.25, 0.3) is 5.91 Å². The number of aromatic nitrogens is 1. The molecule has 4 nitrogen and oxygen atoms in total. The molecule has 21 heavy (non-hydrogen) atoms. The Morgan fingerprint density at radius 2 is 2.00 bits per heavy atom. The number of hydrogen-bond acceptors (Lipinski definition) is 2. The van der Waals surface area contributed by atoms with Gasteiger partial charge in [-0.1, -0.05) is 18.2 Å². The third-order valence-electron chi connectivity index (χ3n) is 3.18. The van der Waals surface area contributed by atoms with Crippen molar-refractivity contribution in [1.82, 2.24) is 4.98 Å². The Bertz CT molecular complexity index is 778. The van der Waals surface area contributed by atoms with E-state index < -0.39 is 5.82 Å². The van der Waals surface area contributed by atoms with Gasteiger partial charge >= 0.3 is 0 Å². The van der Waals surface area contributed by atoms with Crippen molar-refractivity contribution in [3.05, 3.63) is 60.0 Å². The van der Waals surface area contributed by atoms with Crippen molar-refractivity contribution in [3.63, 3.8) is 0 Å². The molecular weight excluding hydrogens is 271 g/mol. The van der Waals surface area contributed by atoms with Gasteiger partial charge in [0.2, 0.25) is 0 Å². The van der Waals surface area contributed by atoms with E-state index in [-0.39, 0.29) is 11.7 Å². The van der Waals surface area contributed by atoms with Gasteiger partial charge in [-0.15, -0.1) is 0 Å². The lowest BCUT2D eigenvalue weighted by Crippen LogP contribution is -2.12. The number of anilines is 1. The van der Waals surface area contributed by atoms with Gasteiger partial charge < -0.3 is 15.0 Å². The summed E-state index contributed by atoms with van der Waals surface area (Å²) >= 11 is 0. The van der Waals surface area contributed by atoms with E-state index in [0.717, 1.165) is 10.9 Å². The lowest BCUT2D eigenvalue weighted by atomic mass is 10.2. The third-order valence-corrected chi connectivity index (χ3v) is 3.18. The van der Waals surface area contributed by atoms with Crippen molar-refractivity contribution >= 4 is 22.5 Å². The molecule has 0 unspecified atom stereocenters. The van der Waals surface area contributed by atoms with Crippen molar-refractivity contribution in [1.29, 1.82) is 0 Å². The zero-order chi connectivity index (χ0) is 14.8. The summed E-state index contributed by atoms with van der Waals surface area (Å²) in [6.45, 7) is 0. The van der Waals surface area contributed by atoms with Gasteiger partial charge in [-0.3, -0.25) is 4.79 Å². The average Bonchev–Trinajstić information content (AvgIpc) is 2.93. The molecule has 0 radical (unpaired) electrons. The van der Waals surface area contributed by atoms with Crippen LogP contribution in [0.1, 0.15) is 10.5 Å². The fourth-order valence-corrected chi connectivity index (χ4v) is 2.13. The first-order valence-electron chi connectivity index (χ1n) is 6.40. The quantitative estimate of drug-likeness (QED) is 0.772. The number of benzene rings is 2. The summed E-state index contributed by atoms with van der Waals surface area (Å²) in [5.74, 6) is -0.676. The molecule has 0 spiro atoms. The maximum absolute atomic E-state index is 13.3. The van der Waals surface area contributed by atoms with E-state index in [1.807, 2.05) is 24.3 Å². The number of nitrogens with one attached hydrogen (secondary N) is 2. The fourth-order valence-electron chi connectivity index (χ4n) is 2.13. The Kier molecular flexibility index (Phi) is 3.31. The monoisotopic (exact) mass is 284 g/mol. The molecule has 0 saturated heterocycles. The number of carbonyl (C=O) groups is 1. The van der Waals surface area contributed by atoms with Crippen LogP contribution in [-0.4, -0.2) is 18.0 Å². The molecule has 0 saturated carbocycles. The van der Waals surface area contributed by atoms with Gasteiger partial charge in [0.05, 0.1) is 7.11 Å². The molecule has 106 valence electrons. The summed E-state index contributed by atoms with van der Waals surface area (Å²) in [4.78, 5) is 15.2. The first kappa shape index (κ1) is 13.2. The molecule has 1 aromatic heterocycles. The molecule has 1 amide bonds. The number of carbonyl (C=O) groups excluding carboxylic acids is 1.